The maximum Gasteiger partial charge on any atom is 0.222 e. The van der Waals surface area contributed by atoms with Gasteiger partial charge in [0.2, 0.25) is 5.91 Å². The summed E-state index contributed by atoms with van der Waals surface area (Å²) in [5, 5.41) is 10.5. The van der Waals surface area contributed by atoms with E-state index in [0.29, 0.717) is 6.42 Å². The molecular weight excluding hydrogens is 382 g/mol. The van der Waals surface area contributed by atoms with Gasteiger partial charge in [0.05, 0.1) is 12.1 Å². The topological polar surface area (TPSA) is 40.5 Å². The van der Waals surface area contributed by atoms with Crippen LogP contribution < -0.4 is 0 Å². The molecule has 0 aliphatic heterocycles. The van der Waals surface area contributed by atoms with E-state index in [4.69, 9.17) is 0 Å². The van der Waals surface area contributed by atoms with Gasteiger partial charge in [-0.25, -0.2) is 0 Å². The Labute approximate surface area is 192 Å². The fraction of sp³-hybridized carbons (Fsp3) is 0.750. The minimum Gasteiger partial charge on any atom is -0.386 e. The number of likely N-dealkylation sites (N-methyl/N-ethyl adjacent to an activating group) is 1. The molecule has 2 unspecified atom stereocenters. The molecule has 0 heterocycles. The van der Waals surface area contributed by atoms with Gasteiger partial charge in [-0.1, -0.05) is 127 Å². The number of hydrogen-bond acceptors (Lipinski definition) is 2. The zero-order valence-electron chi connectivity index (χ0n) is 20.7. The molecule has 0 saturated carbocycles. The SMILES string of the molecule is CCCCCCCCCCCCCCCCCC(=O)N(C)C(C)C(O)c1ccccc1. The number of hydrogen-bond donors (Lipinski definition) is 1. The fourth-order valence-electron chi connectivity index (χ4n) is 4.19. The monoisotopic (exact) mass is 431 g/mol. The second kappa shape index (κ2) is 18.2. The quantitative estimate of drug-likeness (QED) is 0.227. The van der Waals surface area contributed by atoms with Crippen LogP contribution in [0.5, 0.6) is 0 Å². The minimum absolute atomic E-state index is 0.136. The van der Waals surface area contributed by atoms with Crippen molar-refractivity contribution >= 4 is 5.91 Å². The van der Waals surface area contributed by atoms with Crippen molar-refractivity contribution in [3.05, 3.63) is 35.9 Å². The number of aliphatic hydroxyl groups excluding tert-OH is 1. The minimum atomic E-state index is -0.642. The third-order valence-corrected chi connectivity index (χ3v) is 6.60. The zero-order valence-corrected chi connectivity index (χ0v) is 20.7. The van der Waals surface area contributed by atoms with Gasteiger partial charge < -0.3 is 10.0 Å². The lowest BCUT2D eigenvalue weighted by Gasteiger charge is -2.29. The van der Waals surface area contributed by atoms with E-state index in [1.807, 2.05) is 44.3 Å². The second-order valence-corrected chi connectivity index (χ2v) is 9.30. The maximum absolute atomic E-state index is 12.5. The molecule has 3 heteroatoms. The van der Waals surface area contributed by atoms with Crippen LogP contribution in [0.4, 0.5) is 0 Å². The summed E-state index contributed by atoms with van der Waals surface area (Å²) in [5.74, 6) is 0.136. The van der Waals surface area contributed by atoms with Crippen LogP contribution in [0, 0.1) is 0 Å². The molecular formula is C28H49NO2. The number of benzene rings is 1. The Morgan fingerprint density at radius 3 is 1.65 bits per heavy atom. The first-order valence-electron chi connectivity index (χ1n) is 13.1. The molecule has 2 atom stereocenters. The molecule has 0 aromatic heterocycles. The largest absolute Gasteiger partial charge is 0.386 e. The Hall–Kier alpha value is -1.35. The highest BCUT2D eigenvalue weighted by Gasteiger charge is 2.23. The summed E-state index contributed by atoms with van der Waals surface area (Å²) in [6.45, 7) is 4.20. The molecule has 0 aliphatic carbocycles. The summed E-state index contributed by atoms with van der Waals surface area (Å²) in [6.07, 6.45) is 19.9. The lowest BCUT2D eigenvalue weighted by molar-refractivity contribution is -0.134. The number of carbonyl (C=O) groups excluding carboxylic acids is 1. The molecule has 0 fully saturated rings. The number of unbranched alkanes of at least 4 members (excludes halogenated alkanes) is 14. The highest BCUT2D eigenvalue weighted by Crippen LogP contribution is 2.21. The van der Waals surface area contributed by atoms with Crippen LogP contribution >= 0.6 is 0 Å². The van der Waals surface area contributed by atoms with Crippen molar-refractivity contribution in [1.29, 1.82) is 0 Å². The average molecular weight is 432 g/mol. The molecule has 0 aliphatic rings. The van der Waals surface area contributed by atoms with Crippen molar-refractivity contribution in [3.8, 4) is 0 Å². The molecule has 3 nitrogen and oxygen atoms in total. The lowest BCUT2D eigenvalue weighted by Crippen LogP contribution is -2.38. The third-order valence-electron chi connectivity index (χ3n) is 6.60. The zero-order chi connectivity index (χ0) is 22.7. The summed E-state index contributed by atoms with van der Waals surface area (Å²) in [6, 6.07) is 9.38. The van der Waals surface area contributed by atoms with Crippen LogP contribution in [0.2, 0.25) is 0 Å². The van der Waals surface area contributed by atoms with E-state index in [-0.39, 0.29) is 11.9 Å². The van der Waals surface area contributed by atoms with Gasteiger partial charge >= 0.3 is 0 Å². The predicted molar refractivity (Wildman–Crippen MR) is 133 cm³/mol. The van der Waals surface area contributed by atoms with Crippen LogP contribution in [-0.4, -0.2) is 29.0 Å². The van der Waals surface area contributed by atoms with Crippen molar-refractivity contribution in [3.63, 3.8) is 0 Å². The fourth-order valence-corrected chi connectivity index (χ4v) is 4.19. The average Bonchev–Trinajstić information content (AvgIpc) is 2.80. The van der Waals surface area contributed by atoms with E-state index in [9.17, 15) is 9.90 Å². The molecule has 0 spiro atoms. The van der Waals surface area contributed by atoms with Crippen LogP contribution in [0.25, 0.3) is 0 Å². The number of nitrogens with zero attached hydrogens (tertiary/aromatic N) is 1. The van der Waals surface area contributed by atoms with Crippen LogP contribution in [0.15, 0.2) is 30.3 Å². The Morgan fingerprint density at radius 2 is 1.19 bits per heavy atom. The predicted octanol–water partition coefficient (Wildman–Crippen LogP) is 7.83. The van der Waals surface area contributed by atoms with Gasteiger partial charge in [0.25, 0.3) is 0 Å². The molecule has 1 aromatic carbocycles. The summed E-state index contributed by atoms with van der Waals surface area (Å²) in [7, 11) is 1.81. The standard InChI is InChI=1S/C28H49NO2/c1-4-5-6-7-8-9-10-11-12-13-14-15-16-17-21-24-27(30)29(3)25(2)28(31)26-22-19-18-20-23-26/h18-20,22-23,25,28,31H,4-17,21,24H2,1-3H3. The second-order valence-electron chi connectivity index (χ2n) is 9.30. The number of carbonyl (C=O) groups is 1. The maximum atomic E-state index is 12.5. The van der Waals surface area contributed by atoms with Gasteiger partial charge in [-0.3, -0.25) is 4.79 Å². The molecule has 1 aromatic rings. The molecule has 0 bridgehead atoms. The van der Waals surface area contributed by atoms with E-state index in [0.717, 1.165) is 18.4 Å². The van der Waals surface area contributed by atoms with Crippen molar-refractivity contribution in [2.45, 2.75) is 129 Å². The Balaban J connectivity index is 1.97. The molecule has 0 radical (unpaired) electrons. The Morgan fingerprint density at radius 1 is 0.774 bits per heavy atom. The van der Waals surface area contributed by atoms with Crippen molar-refractivity contribution in [2.75, 3.05) is 7.05 Å². The summed E-state index contributed by atoms with van der Waals surface area (Å²) < 4.78 is 0. The normalized spacial score (nSPS) is 13.2. The Bertz CT molecular complexity index is 545. The smallest absolute Gasteiger partial charge is 0.222 e. The highest BCUT2D eigenvalue weighted by atomic mass is 16.3. The van der Waals surface area contributed by atoms with Crippen molar-refractivity contribution < 1.29 is 9.90 Å². The Kier molecular flexibility index (Phi) is 16.3. The molecule has 1 rings (SSSR count). The molecule has 31 heavy (non-hydrogen) atoms. The van der Waals surface area contributed by atoms with Crippen LogP contribution in [0.1, 0.15) is 128 Å². The van der Waals surface area contributed by atoms with Crippen LogP contribution in [-0.2, 0) is 4.79 Å². The number of aliphatic hydroxyl groups is 1. The van der Waals surface area contributed by atoms with Gasteiger partial charge in [0.1, 0.15) is 0 Å². The molecule has 0 saturated heterocycles. The van der Waals surface area contributed by atoms with Gasteiger partial charge in [-0.2, -0.15) is 0 Å². The molecule has 178 valence electrons. The van der Waals surface area contributed by atoms with Crippen molar-refractivity contribution in [1.82, 2.24) is 4.90 Å². The first-order valence-corrected chi connectivity index (χ1v) is 13.1. The summed E-state index contributed by atoms with van der Waals surface area (Å²) in [4.78, 5) is 14.2. The third kappa shape index (κ3) is 12.9. The number of rotatable bonds is 19. The summed E-state index contributed by atoms with van der Waals surface area (Å²) in [5.41, 5.74) is 0.863. The van der Waals surface area contributed by atoms with E-state index in [2.05, 4.69) is 6.92 Å². The van der Waals surface area contributed by atoms with Gasteiger partial charge in [-0.05, 0) is 18.9 Å². The van der Waals surface area contributed by atoms with E-state index >= 15 is 0 Å². The first-order chi connectivity index (χ1) is 15.1. The van der Waals surface area contributed by atoms with E-state index in [1.165, 1.54) is 83.5 Å². The van der Waals surface area contributed by atoms with Gasteiger partial charge in [0, 0.05) is 13.5 Å². The summed E-state index contributed by atoms with van der Waals surface area (Å²) >= 11 is 0. The lowest BCUT2D eigenvalue weighted by atomic mass is 10.0. The molecule has 1 amide bonds. The van der Waals surface area contributed by atoms with Gasteiger partial charge in [-0.15, -0.1) is 0 Å². The van der Waals surface area contributed by atoms with E-state index in [1.54, 1.807) is 4.90 Å². The van der Waals surface area contributed by atoms with E-state index < -0.39 is 6.10 Å². The van der Waals surface area contributed by atoms with Gasteiger partial charge in [0.15, 0.2) is 0 Å². The van der Waals surface area contributed by atoms with Crippen LogP contribution in [0.3, 0.4) is 0 Å². The molecule has 1 N–H and O–H groups in total. The van der Waals surface area contributed by atoms with Crippen molar-refractivity contribution in [2.24, 2.45) is 0 Å². The number of amides is 1. The highest BCUT2D eigenvalue weighted by molar-refractivity contribution is 5.76. The first kappa shape index (κ1) is 27.7.